The van der Waals surface area contributed by atoms with Gasteiger partial charge in [0, 0.05) is 16.6 Å². The number of benzene rings is 1. The maximum Gasteiger partial charge on any atom is 0.287 e. The molecule has 0 aliphatic carbocycles. The molecule has 0 atom stereocenters. The third kappa shape index (κ3) is 3.89. The Morgan fingerprint density at radius 1 is 1.22 bits per heavy atom. The van der Waals surface area contributed by atoms with Gasteiger partial charge in [0.15, 0.2) is 5.76 Å². The number of hydrogen-bond acceptors (Lipinski definition) is 3. The number of rotatable bonds is 3. The second-order valence-corrected chi connectivity index (χ2v) is 6.68. The fraction of sp³-hybridized carbons (Fsp3) is 0.353. The first-order valence-corrected chi connectivity index (χ1v) is 8.33. The van der Waals surface area contributed by atoms with Crippen LogP contribution >= 0.6 is 23.2 Å². The summed E-state index contributed by atoms with van der Waals surface area (Å²) in [6.07, 6.45) is 1.91. The second kappa shape index (κ2) is 6.95. The van der Waals surface area contributed by atoms with Crippen LogP contribution in [0.2, 0.25) is 10.0 Å². The lowest BCUT2D eigenvalue weighted by molar-refractivity contribution is 0.0889. The van der Waals surface area contributed by atoms with Crippen molar-refractivity contribution in [3.63, 3.8) is 0 Å². The summed E-state index contributed by atoms with van der Waals surface area (Å²) in [4.78, 5) is 14.6. The van der Waals surface area contributed by atoms with Gasteiger partial charge in [0.05, 0.1) is 5.02 Å². The first-order chi connectivity index (χ1) is 11.0. The molecule has 4 nitrogen and oxygen atoms in total. The van der Waals surface area contributed by atoms with E-state index >= 15 is 0 Å². The van der Waals surface area contributed by atoms with Gasteiger partial charge in [-0.2, -0.15) is 0 Å². The third-order valence-corrected chi connectivity index (χ3v) is 4.64. The first kappa shape index (κ1) is 16.4. The van der Waals surface area contributed by atoms with Crippen molar-refractivity contribution < 1.29 is 9.21 Å². The summed E-state index contributed by atoms with van der Waals surface area (Å²) >= 11 is 12.2. The monoisotopic (exact) mass is 352 g/mol. The van der Waals surface area contributed by atoms with Gasteiger partial charge in [0.25, 0.3) is 5.91 Å². The number of carbonyl (C=O) groups excluding carboxylic acids is 1. The molecule has 1 aliphatic rings. The Morgan fingerprint density at radius 2 is 1.96 bits per heavy atom. The van der Waals surface area contributed by atoms with Crippen molar-refractivity contribution in [3.8, 4) is 11.3 Å². The van der Waals surface area contributed by atoms with E-state index in [0.717, 1.165) is 25.9 Å². The molecule has 0 bridgehead atoms. The van der Waals surface area contributed by atoms with Gasteiger partial charge in [-0.3, -0.25) is 4.79 Å². The lowest BCUT2D eigenvalue weighted by atomic mass is 10.1. The summed E-state index contributed by atoms with van der Waals surface area (Å²) in [6.45, 7) is 1.99. The zero-order valence-electron chi connectivity index (χ0n) is 12.8. The van der Waals surface area contributed by atoms with E-state index in [-0.39, 0.29) is 17.7 Å². The van der Waals surface area contributed by atoms with Crippen LogP contribution in [0.25, 0.3) is 11.3 Å². The topological polar surface area (TPSA) is 45.5 Å². The minimum Gasteiger partial charge on any atom is -0.451 e. The summed E-state index contributed by atoms with van der Waals surface area (Å²) < 4.78 is 5.66. The summed E-state index contributed by atoms with van der Waals surface area (Å²) in [5.41, 5.74) is 0.678. The summed E-state index contributed by atoms with van der Waals surface area (Å²) in [5.74, 6) is 0.630. The summed E-state index contributed by atoms with van der Waals surface area (Å²) in [7, 11) is 2.09. The van der Waals surface area contributed by atoms with Gasteiger partial charge in [-0.1, -0.05) is 23.2 Å². The predicted molar refractivity (Wildman–Crippen MR) is 92.1 cm³/mol. The van der Waals surface area contributed by atoms with Crippen molar-refractivity contribution in [2.24, 2.45) is 0 Å². The SMILES string of the molecule is CN1CCC(NC(=O)c2ccc(-c3cc(Cl)ccc3Cl)o2)CC1. The smallest absolute Gasteiger partial charge is 0.287 e. The molecule has 1 amide bonds. The van der Waals surface area contributed by atoms with Gasteiger partial charge >= 0.3 is 0 Å². The number of piperidine rings is 1. The van der Waals surface area contributed by atoms with E-state index in [1.807, 2.05) is 0 Å². The molecule has 1 aromatic carbocycles. The molecule has 0 radical (unpaired) electrons. The average Bonchev–Trinajstić information content (AvgIpc) is 3.02. The Balaban J connectivity index is 1.71. The van der Waals surface area contributed by atoms with Crippen LogP contribution in [-0.2, 0) is 0 Å². The molecule has 0 unspecified atom stereocenters. The van der Waals surface area contributed by atoms with E-state index in [1.165, 1.54) is 0 Å². The van der Waals surface area contributed by atoms with Crippen LogP contribution in [0.3, 0.4) is 0 Å². The molecule has 2 aromatic rings. The molecule has 23 heavy (non-hydrogen) atoms. The Morgan fingerprint density at radius 3 is 2.70 bits per heavy atom. The molecule has 1 aliphatic heterocycles. The van der Waals surface area contributed by atoms with Crippen molar-refractivity contribution in [2.45, 2.75) is 18.9 Å². The number of amides is 1. The van der Waals surface area contributed by atoms with Crippen molar-refractivity contribution in [1.82, 2.24) is 10.2 Å². The van der Waals surface area contributed by atoms with E-state index in [0.29, 0.717) is 21.4 Å². The number of carbonyl (C=O) groups is 1. The number of halogens is 2. The maximum atomic E-state index is 12.3. The molecule has 1 saturated heterocycles. The lowest BCUT2D eigenvalue weighted by Gasteiger charge is -2.29. The molecule has 2 heterocycles. The van der Waals surface area contributed by atoms with Crippen molar-refractivity contribution in [3.05, 3.63) is 46.1 Å². The summed E-state index contributed by atoms with van der Waals surface area (Å²) in [5, 5.41) is 4.13. The lowest BCUT2D eigenvalue weighted by Crippen LogP contribution is -2.43. The molecule has 3 rings (SSSR count). The van der Waals surface area contributed by atoms with Gasteiger partial charge in [-0.05, 0) is 63.3 Å². The van der Waals surface area contributed by atoms with E-state index in [4.69, 9.17) is 27.6 Å². The fourth-order valence-corrected chi connectivity index (χ4v) is 3.08. The molecule has 1 aromatic heterocycles. The second-order valence-electron chi connectivity index (χ2n) is 5.84. The quantitative estimate of drug-likeness (QED) is 0.905. The van der Waals surface area contributed by atoms with Crippen LogP contribution in [0.1, 0.15) is 23.4 Å². The average molecular weight is 353 g/mol. The van der Waals surface area contributed by atoms with Crippen LogP contribution in [0.5, 0.6) is 0 Å². The Kier molecular flexibility index (Phi) is 4.95. The van der Waals surface area contributed by atoms with Crippen LogP contribution < -0.4 is 5.32 Å². The van der Waals surface area contributed by atoms with E-state index in [9.17, 15) is 4.79 Å². The van der Waals surface area contributed by atoms with Crippen molar-refractivity contribution >= 4 is 29.1 Å². The van der Waals surface area contributed by atoms with Gasteiger partial charge in [-0.25, -0.2) is 0 Å². The highest BCUT2D eigenvalue weighted by Crippen LogP contribution is 2.31. The van der Waals surface area contributed by atoms with Gasteiger partial charge in [0.2, 0.25) is 0 Å². The molecular weight excluding hydrogens is 335 g/mol. The van der Waals surface area contributed by atoms with Gasteiger partial charge in [0.1, 0.15) is 5.76 Å². The highest BCUT2D eigenvalue weighted by molar-refractivity contribution is 6.35. The largest absolute Gasteiger partial charge is 0.451 e. The van der Waals surface area contributed by atoms with Gasteiger partial charge in [-0.15, -0.1) is 0 Å². The normalized spacial score (nSPS) is 16.5. The highest BCUT2D eigenvalue weighted by Gasteiger charge is 2.21. The highest BCUT2D eigenvalue weighted by atomic mass is 35.5. The van der Waals surface area contributed by atoms with E-state index in [2.05, 4.69) is 17.3 Å². The number of nitrogens with one attached hydrogen (secondary N) is 1. The molecular formula is C17H18Cl2N2O2. The maximum absolute atomic E-state index is 12.3. The first-order valence-electron chi connectivity index (χ1n) is 7.57. The number of furan rings is 1. The Hall–Kier alpha value is -1.49. The van der Waals surface area contributed by atoms with Crippen LogP contribution in [0, 0.1) is 0 Å². The molecule has 6 heteroatoms. The Labute approximate surface area is 145 Å². The zero-order chi connectivity index (χ0) is 16.4. The third-order valence-electron chi connectivity index (χ3n) is 4.08. The molecule has 0 spiro atoms. The van der Waals surface area contributed by atoms with Crippen LogP contribution in [-0.4, -0.2) is 37.0 Å². The summed E-state index contributed by atoms with van der Waals surface area (Å²) in [6, 6.07) is 8.74. The number of likely N-dealkylation sites (tertiary alicyclic amines) is 1. The van der Waals surface area contributed by atoms with E-state index in [1.54, 1.807) is 30.3 Å². The van der Waals surface area contributed by atoms with Crippen molar-refractivity contribution in [2.75, 3.05) is 20.1 Å². The molecule has 122 valence electrons. The van der Waals surface area contributed by atoms with Gasteiger partial charge < -0.3 is 14.6 Å². The standard InChI is InChI=1S/C17H18Cl2N2O2/c1-21-8-6-12(7-9-21)20-17(22)16-5-4-15(23-16)13-10-11(18)2-3-14(13)19/h2-5,10,12H,6-9H2,1H3,(H,20,22). The van der Waals surface area contributed by atoms with Crippen LogP contribution in [0.4, 0.5) is 0 Å². The number of nitrogens with zero attached hydrogens (tertiary/aromatic N) is 1. The molecule has 0 saturated carbocycles. The van der Waals surface area contributed by atoms with Crippen LogP contribution in [0.15, 0.2) is 34.7 Å². The van der Waals surface area contributed by atoms with Crippen molar-refractivity contribution in [1.29, 1.82) is 0 Å². The minimum absolute atomic E-state index is 0.191. The zero-order valence-corrected chi connectivity index (χ0v) is 14.3. The van der Waals surface area contributed by atoms with E-state index < -0.39 is 0 Å². The Bertz CT molecular complexity index is 706. The fourth-order valence-electron chi connectivity index (χ4n) is 2.70. The predicted octanol–water partition coefficient (Wildman–Crippen LogP) is 4.08. The number of hydrogen-bond donors (Lipinski definition) is 1. The molecule has 1 N–H and O–H groups in total. The minimum atomic E-state index is -0.191. The molecule has 1 fully saturated rings.